The van der Waals surface area contributed by atoms with Gasteiger partial charge >= 0.3 is 5.97 Å². The molecule has 0 spiro atoms. The number of thioether (sulfide) groups is 1. The Bertz CT molecular complexity index is 711. The summed E-state index contributed by atoms with van der Waals surface area (Å²) < 4.78 is 5.06. The Morgan fingerprint density at radius 1 is 1.33 bits per heavy atom. The van der Waals surface area contributed by atoms with Crippen LogP contribution in [0, 0.1) is 13.8 Å². The van der Waals surface area contributed by atoms with Gasteiger partial charge in [0.2, 0.25) is 5.91 Å². The zero-order valence-corrected chi connectivity index (χ0v) is 14.8. The number of nitrogens with zero attached hydrogens (tertiary/aromatic N) is 1. The minimum absolute atomic E-state index is 0.140. The van der Waals surface area contributed by atoms with Crippen molar-refractivity contribution < 1.29 is 19.2 Å². The summed E-state index contributed by atoms with van der Waals surface area (Å²) in [6, 6.07) is 5.24. The van der Waals surface area contributed by atoms with E-state index in [4.69, 9.17) is 16.1 Å². The van der Waals surface area contributed by atoms with Gasteiger partial charge < -0.3 is 14.9 Å². The largest absolute Gasteiger partial charge is 0.479 e. The van der Waals surface area contributed by atoms with E-state index in [9.17, 15) is 14.7 Å². The summed E-state index contributed by atoms with van der Waals surface area (Å²) in [5, 5.41) is 16.2. The third-order valence-corrected chi connectivity index (χ3v) is 4.63. The fraction of sp³-hybridized carbons (Fsp3) is 0.312. The van der Waals surface area contributed by atoms with Gasteiger partial charge in [-0.15, -0.1) is 11.8 Å². The van der Waals surface area contributed by atoms with E-state index in [1.165, 1.54) is 11.8 Å². The summed E-state index contributed by atoms with van der Waals surface area (Å²) in [6.45, 7) is 3.66. The molecule has 128 valence electrons. The van der Waals surface area contributed by atoms with Crippen LogP contribution in [-0.2, 0) is 15.3 Å². The highest BCUT2D eigenvalue weighted by Gasteiger charge is 2.22. The molecule has 8 heteroatoms. The lowest BCUT2D eigenvalue weighted by Crippen LogP contribution is -2.34. The highest BCUT2D eigenvalue weighted by atomic mass is 35.5. The molecule has 0 aliphatic rings. The topological polar surface area (TPSA) is 92.4 Å². The van der Waals surface area contributed by atoms with Crippen LogP contribution in [0.25, 0.3) is 0 Å². The highest BCUT2D eigenvalue weighted by molar-refractivity contribution is 7.99. The summed E-state index contributed by atoms with van der Waals surface area (Å²) in [5.41, 5.74) is 2.22. The summed E-state index contributed by atoms with van der Waals surface area (Å²) in [5.74, 6) is -0.0326. The Morgan fingerprint density at radius 3 is 2.54 bits per heavy atom. The molecule has 0 bridgehead atoms. The molecule has 0 aliphatic heterocycles. The average molecular weight is 369 g/mol. The Kier molecular flexibility index (Phi) is 6.28. The molecule has 2 N–H and O–H groups in total. The predicted molar refractivity (Wildman–Crippen MR) is 92.1 cm³/mol. The first-order chi connectivity index (χ1) is 11.4. The lowest BCUT2D eigenvalue weighted by atomic mass is 10.1. The Balaban J connectivity index is 1.91. The van der Waals surface area contributed by atoms with Crippen LogP contribution in [0.15, 0.2) is 28.8 Å². The second kappa shape index (κ2) is 8.21. The fourth-order valence-electron chi connectivity index (χ4n) is 2.10. The van der Waals surface area contributed by atoms with Crippen molar-refractivity contribution in [3.05, 3.63) is 51.9 Å². The van der Waals surface area contributed by atoms with Crippen molar-refractivity contribution >= 4 is 35.2 Å². The van der Waals surface area contributed by atoms with Gasteiger partial charge in [-0.1, -0.05) is 28.9 Å². The number of hydrogen-bond donors (Lipinski definition) is 2. The second-order valence-corrected chi connectivity index (χ2v) is 6.61. The van der Waals surface area contributed by atoms with Crippen LogP contribution in [0.2, 0.25) is 5.02 Å². The minimum Gasteiger partial charge on any atom is -0.479 e. The number of halogens is 1. The van der Waals surface area contributed by atoms with Crippen LogP contribution in [0.3, 0.4) is 0 Å². The van der Waals surface area contributed by atoms with E-state index in [1.54, 1.807) is 24.3 Å². The van der Waals surface area contributed by atoms with Crippen molar-refractivity contribution in [3.8, 4) is 0 Å². The minimum atomic E-state index is -1.12. The zero-order valence-electron chi connectivity index (χ0n) is 13.2. The first-order valence-electron chi connectivity index (χ1n) is 7.15. The monoisotopic (exact) mass is 368 g/mol. The molecule has 2 rings (SSSR count). The van der Waals surface area contributed by atoms with Crippen molar-refractivity contribution in [2.24, 2.45) is 0 Å². The number of benzene rings is 1. The molecule has 1 aromatic carbocycles. The number of aliphatic carboxylic acids is 1. The molecular formula is C16H17ClN2O4S. The maximum atomic E-state index is 12.0. The predicted octanol–water partition coefficient (Wildman–Crippen LogP) is 3.12. The van der Waals surface area contributed by atoms with Gasteiger partial charge in [-0.05, 0) is 31.5 Å². The number of nitrogens with one attached hydrogen (secondary N) is 1. The number of carbonyl (C=O) groups is 2. The van der Waals surface area contributed by atoms with Gasteiger partial charge in [-0.3, -0.25) is 4.79 Å². The summed E-state index contributed by atoms with van der Waals surface area (Å²) >= 11 is 7.17. The summed E-state index contributed by atoms with van der Waals surface area (Å²) in [6.07, 6.45) is 0. The number of rotatable bonds is 7. The van der Waals surface area contributed by atoms with Crippen molar-refractivity contribution in [1.82, 2.24) is 10.5 Å². The Morgan fingerprint density at radius 2 is 2.00 bits per heavy atom. The normalized spacial score (nSPS) is 12.0. The van der Waals surface area contributed by atoms with Crippen molar-refractivity contribution in [1.29, 1.82) is 0 Å². The molecule has 0 fully saturated rings. The maximum absolute atomic E-state index is 12.0. The molecule has 0 saturated carbocycles. The van der Waals surface area contributed by atoms with E-state index in [1.807, 2.05) is 13.8 Å². The first kappa shape index (κ1) is 18.4. The van der Waals surface area contributed by atoms with Gasteiger partial charge in [0.25, 0.3) is 0 Å². The first-order valence-corrected chi connectivity index (χ1v) is 8.69. The number of amides is 1. The van der Waals surface area contributed by atoms with Crippen LogP contribution in [-0.4, -0.2) is 27.9 Å². The number of carboxylic acids is 1. The Hall–Kier alpha value is -1.99. The van der Waals surface area contributed by atoms with Gasteiger partial charge in [-0.25, -0.2) is 4.79 Å². The average Bonchev–Trinajstić information content (AvgIpc) is 2.85. The van der Waals surface area contributed by atoms with E-state index in [2.05, 4.69) is 10.5 Å². The number of aromatic nitrogens is 1. The van der Waals surface area contributed by atoms with Crippen molar-refractivity contribution in [3.63, 3.8) is 0 Å². The van der Waals surface area contributed by atoms with E-state index in [0.29, 0.717) is 16.3 Å². The molecule has 1 atom stereocenters. The maximum Gasteiger partial charge on any atom is 0.330 e. The molecule has 1 aromatic heterocycles. The van der Waals surface area contributed by atoms with E-state index in [-0.39, 0.29) is 11.7 Å². The standard InChI is InChI=1S/C16H17ClN2O4S/c1-9-13(10(2)23-19-9)7-24-8-14(20)18-15(16(21)22)11-3-5-12(17)6-4-11/h3-6,15H,7-8H2,1-2H3,(H,18,20)(H,21,22). The summed E-state index contributed by atoms with van der Waals surface area (Å²) in [7, 11) is 0. The SMILES string of the molecule is Cc1noc(C)c1CSCC(=O)NC(C(=O)O)c1ccc(Cl)cc1. The quantitative estimate of drug-likeness (QED) is 0.780. The van der Waals surface area contributed by atoms with E-state index in [0.717, 1.165) is 17.0 Å². The van der Waals surface area contributed by atoms with Gasteiger partial charge in [-0.2, -0.15) is 0 Å². The van der Waals surface area contributed by atoms with Crippen LogP contribution >= 0.6 is 23.4 Å². The van der Waals surface area contributed by atoms with Gasteiger partial charge in [0.05, 0.1) is 11.4 Å². The third kappa shape index (κ3) is 4.75. The summed E-state index contributed by atoms with van der Waals surface area (Å²) in [4.78, 5) is 23.4. The molecule has 6 nitrogen and oxygen atoms in total. The number of carboxylic acid groups (broad SMARTS) is 1. The molecule has 1 amide bonds. The van der Waals surface area contributed by atoms with E-state index < -0.39 is 12.0 Å². The Labute approximate surface area is 148 Å². The molecular weight excluding hydrogens is 352 g/mol. The molecule has 2 aromatic rings. The number of carbonyl (C=O) groups excluding carboxylic acids is 1. The molecule has 0 radical (unpaired) electrons. The molecule has 1 unspecified atom stereocenters. The molecule has 1 heterocycles. The number of hydrogen-bond acceptors (Lipinski definition) is 5. The zero-order chi connectivity index (χ0) is 17.7. The highest BCUT2D eigenvalue weighted by Crippen LogP contribution is 2.20. The lowest BCUT2D eigenvalue weighted by molar-refractivity contribution is -0.141. The molecule has 0 saturated heterocycles. The van der Waals surface area contributed by atoms with Crippen LogP contribution < -0.4 is 5.32 Å². The second-order valence-electron chi connectivity index (χ2n) is 5.19. The van der Waals surface area contributed by atoms with Crippen LogP contribution in [0.4, 0.5) is 0 Å². The molecule has 0 aliphatic carbocycles. The molecule has 24 heavy (non-hydrogen) atoms. The number of aryl methyl sites for hydroxylation is 2. The van der Waals surface area contributed by atoms with Gasteiger partial charge in [0.15, 0.2) is 6.04 Å². The smallest absolute Gasteiger partial charge is 0.330 e. The van der Waals surface area contributed by atoms with Crippen LogP contribution in [0.1, 0.15) is 28.6 Å². The van der Waals surface area contributed by atoms with Gasteiger partial charge in [0.1, 0.15) is 5.76 Å². The fourth-order valence-corrected chi connectivity index (χ4v) is 3.21. The van der Waals surface area contributed by atoms with Crippen LogP contribution in [0.5, 0.6) is 0 Å². The van der Waals surface area contributed by atoms with E-state index >= 15 is 0 Å². The lowest BCUT2D eigenvalue weighted by Gasteiger charge is -2.15. The third-order valence-electron chi connectivity index (χ3n) is 3.42. The van der Waals surface area contributed by atoms with Crippen molar-refractivity contribution in [2.75, 3.05) is 5.75 Å². The van der Waals surface area contributed by atoms with Crippen molar-refractivity contribution in [2.45, 2.75) is 25.6 Å². The van der Waals surface area contributed by atoms with Gasteiger partial charge in [0, 0.05) is 16.3 Å².